The van der Waals surface area contributed by atoms with Gasteiger partial charge in [-0.2, -0.15) is 0 Å². The van der Waals surface area contributed by atoms with Gasteiger partial charge in [0.05, 0.1) is 45.1 Å². The van der Waals surface area contributed by atoms with Crippen molar-refractivity contribution in [2.75, 3.05) is 25.7 Å². The summed E-state index contributed by atoms with van der Waals surface area (Å²) in [5.41, 5.74) is 3.04. The molecule has 2 aromatic carbocycles. The zero-order valence-electron chi connectivity index (χ0n) is 21.5. The van der Waals surface area contributed by atoms with E-state index in [1.165, 1.54) is 19.6 Å². The van der Waals surface area contributed by atoms with Crippen LogP contribution in [0.1, 0.15) is 43.0 Å². The number of methoxy groups -OCH3 is 2. The van der Waals surface area contributed by atoms with Crippen LogP contribution in [0.4, 0.5) is 15.3 Å². The molecule has 0 saturated carbocycles. The summed E-state index contributed by atoms with van der Waals surface area (Å²) in [5.74, 6) is 0.962. The molecule has 2 amide bonds. The number of hydrogen-bond donors (Lipinski definition) is 0. The van der Waals surface area contributed by atoms with Gasteiger partial charge >= 0.3 is 12.2 Å². The number of anilines is 1. The Morgan fingerprint density at radius 2 is 1.76 bits per heavy atom. The molecule has 0 saturated heterocycles. The number of carbonyl (C=O) groups is 2. The molecule has 196 valence electrons. The maximum Gasteiger partial charge on any atom is 0.414 e. The Labute approximate surface area is 216 Å². The molecule has 3 aromatic rings. The van der Waals surface area contributed by atoms with Gasteiger partial charge in [0.2, 0.25) is 0 Å². The van der Waals surface area contributed by atoms with Crippen molar-refractivity contribution in [3.05, 3.63) is 77.7 Å². The van der Waals surface area contributed by atoms with Crippen LogP contribution in [0.3, 0.4) is 0 Å². The lowest BCUT2D eigenvalue weighted by atomic mass is 9.90. The summed E-state index contributed by atoms with van der Waals surface area (Å²) in [6.07, 6.45) is 2.59. The standard InChI is InChI=1S/C28H32N2O7/c1-5-36-27(31)29(16-20-9-7-6-8-10-20)23-13-19(2)30(28(32)37-18-21-11-12-35-17-21)24-15-26(34-4)25(33-3)14-22(23)24/h6-12,14-15,17,19,23H,5,13,16,18H2,1-4H3. The van der Waals surface area contributed by atoms with Gasteiger partial charge in [-0.25, -0.2) is 9.59 Å². The minimum absolute atomic E-state index is 0.0769. The second-order valence-corrected chi connectivity index (χ2v) is 8.74. The topological polar surface area (TPSA) is 90.7 Å². The van der Waals surface area contributed by atoms with Crippen LogP contribution >= 0.6 is 0 Å². The predicted octanol–water partition coefficient (Wildman–Crippen LogP) is 5.93. The molecule has 0 radical (unpaired) electrons. The Kier molecular flexibility index (Phi) is 8.22. The largest absolute Gasteiger partial charge is 0.493 e. The zero-order valence-corrected chi connectivity index (χ0v) is 21.5. The van der Waals surface area contributed by atoms with Gasteiger partial charge in [-0.3, -0.25) is 9.80 Å². The first-order valence-electron chi connectivity index (χ1n) is 12.2. The summed E-state index contributed by atoms with van der Waals surface area (Å²) in [7, 11) is 3.09. The van der Waals surface area contributed by atoms with Gasteiger partial charge in [0.1, 0.15) is 6.61 Å². The third kappa shape index (κ3) is 5.66. The highest BCUT2D eigenvalue weighted by atomic mass is 16.6. The molecule has 2 unspecified atom stereocenters. The smallest absolute Gasteiger partial charge is 0.414 e. The minimum Gasteiger partial charge on any atom is -0.493 e. The van der Waals surface area contributed by atoms with Gasteiger partial charge in [0, 0.05) is 29.8 Å². The molecule has 9 nitrogen and oxygen atoms in total. The number of rotatable bonds is 8. The van der Waals surface area contributed by atoms with Crippen molar-refractivity contribution in [2.45, 2.75) is 45.5 Å². The zero-order chi connectivity index (χ0) is 26.4. The fourth-order valence-electron chi connectivity index (χ4n) is 4.60. The second kappa shape index (κ2) is 11.7. The molecule has 0 bridgehead atoms. The van der Waals surface area contributed by atoms with Crippen molar-refractivity contribution in [3.8, 4) is 11.5 Å². The van der Waals surface area contributed by atoms with Gasteiger partial charge < -0.3 is 23.4 Å². The molecule has 0 N–H and O–H groups in total. The molecular formula is C28H32N2O7. The van der Waals surface area contributed by atoms with Crippen LogP contribution in [-0.4, -0.2) is 44.0 Å². The number of benzene rings is 2. The third-order valence-corrected chi connectivity index (χ3v) is 6.37. The van der Waals surface area contributed by atoms with Crippen LogP contribution in [0.5, 0.6) is 11.5 Å². The number of fused-ring (bicyclic) bond motifs is 1. The highest BCUT2D eigenvalue weighted by molar-refractivity contribution is 5.91. The lowest BCUT2D eigenvalue weighted by Gasteiger charge is -2.42. The number of amides is 2. The first-order valence-corrected chi connectivity index (χ1v) is 12.2. The fraction of sp³-hybridized carbons (Fsp3) is 0.357. The minimum atomic E-state index is -0.508. The number of carbonyl (C=O) groups excluding carboxylic acids is 2. The third-order valence-electron chi connectivity index (χ3n) is 6.37. The summed E-state index contributed by atoms with van der Waals surface area (Å²) >= 11 is 0. The Bertz CT molecular complexity index is 1200. The Morgan fingerprint density at radius 3 is 2.41 bits per heavy atom. The molecule has 1 aliphatic heterocycles. The number of nitrogens with zero attached hydrogens (tertiary/aromatic N) is 2. The highest BCUT2D eigenvalue weighted by Crippen LogP contribution is 2.46. The van der Waals surface area contributed by atoms with E-state index in [1.54, 1.807) is 36.0 Å². The Morgan fingerprint density at radius 1 is 1.03 bits per heavy atom. The second-order valence-electron chi connectivity index (χ2n) is 8.74. The van der Waals surface area contributed by atoms with Crippen LogP contribution in [-0.2, 0) is 22.6 Å². The molecule has 0 aliphatic carbocycles. The summed E-state index contributed by atoms with van der Waals surface area (Å²) in [4.78, 5) is 29.8. The van der Waals surface area contributed by atoms with Crippen molar-refractivity contribution in [2.24, 2.45) is 0 Å². The van der Waals surface area contributed by atoms with E-state index in [0.29, 0.717) is 30.2 Å². The van der Waals surface area contributed by atoms with Crippen molar-refractivity contribution in [3.63, 3.8) is 0 Å². The molecule has 37 heavy (non-hydrogen) atoms. The van der Waals surface area contributed by atoms with E-state index < -0.39 is 12.2 Å². The van der Waals surface area contributed by atoms with Gasteiger partial charge in [-0.05, 0) is 38.0 Å². The molecule has 9 heteroatoms. The SMILES string of the molecule is CCOC(=O)N(Cc1ccccc1)C1CC(C)N(C(=O)OCc2ccoc2)c2cc(OC)c(OC)cc21. The van der Waals surface area contributed by atoms with E-state index in [0.717, 1.165) is 16.7 Å². The van der Waals surface area contributed by atoms with Crippen molar-refractivity contribution >= 4 is 17.9 Å². The lowest BCUT2D eigenvalue weighted by molar-refractivity contribution is 0.0807. The fourth-order valence-corrected chi connectivity index (χ4v) is 4.60. The van der Waals surface area contributed by atoms with Gasteiger partial charge in [0.25, 0.3) is 0 Å². The van der Waals surface area contributed by atoms with E-state index in [-0.39, 0.29) is 25.3 Å². The number of ether oxygens (including phenoxy) is 4. The summed E-state index contributed by atoms with van der Waals surface area (Å²) in [6, 6.07) is 14.4. The Hall–Kier alpha value is -4.14. The quantitative estimate of drug-likeness (QED) is 0.372. The highest BCUT2D eigenvalue weighted by Gasteiger charge is 2.40. The van der Waals surface area contributed by atoms with Crippen molar-refractivity contribution in [1.29, 1.82) is 0 Å². The summed E-state index contributed by atoms with van der Waals surface area (Å²) < 4.78 is 27.2. The number of hydrogen-bond acceptors (Lipinski definition) is 7. The van der Waals surface area contributed by atoms with Gasteiger partial charge in [-0.1, -0.05) is 30.3 Å². The van der Waals surface area contributed by atoms with Crippen molar-refractivity contribution in [1.82, 2.24) is 4.90 Å². The van der Waals surface area contributed by atoms with Crippen LogP contribution in [0, 0.1) is 0 Å². The van der Waals surface area contributed by atoms with E-state index in [2.05, 4.69) is 0 Å². The molecule has 0 spiro atoms. The molecule has 1 aromatic heterocycles. The normalized spacial score (nSPS) is 16.5. The monoisotopic (exact) mass is 508 g/mol. The van der Waals surface area contributed by atoms with E-state index in [4.69, 9.17) is 23.4 Å². The molecular weight excluding hydrogens is 476 g/mol. The molecule has 0 fully saturated rings. The van der Waals surface area contributed by atoms with E-state index in [1.807, 2.05) is 43.3 Å². The maximum absolute atomic E-state index is 13.3. The van der Waals surface area contributed by atoms with Crippen LogP contribution in [0.15, 0.2) is 65.5 Å². The molecule has 2 atom stereocenters. The molecule has 2 heterocycles. The number of furan rings is 1. The van der Waals surface area contributed by atoms with Gasteiger partial charge in [-0.15, -0.1) is 0 Å². The lowest BCUT2D eigenvalue weighted by Crippen LogP contribution is -2.47. The van der Waals surface area contributed by atoms with E-state index in [9.17, 15) is 9.59 Å². The molecule has 4 rings (SSSR count). The van der Waals surface area contributed by atoms with Gasteiger partial charge in [0.15, 0.2) is 11.5 Å². The first-order chi connectivity index (χ1) is 18.0. The summed E-state index contributed by atoms with van der Waals surface area (Å²) in [6.45, 7) is 4.38. The van der Waals surface area contributed by atoms with Crippen LogP contribution < -0.4 is 14.4 Å². The average Bonchev–Trinajstić information content (AvgIpc) is 3.44. The van der Waals surface area contributed by atoms with Crippen LogP contribution in [0.25, 0.3) is 0 Å². The average molecular weight is 509 g/mol. The van der Waals surface area contributed by atoms with Crippen molar-refractivity contribution < 1.29 is 33.0 Å². The Balaban J connectivity index is 1.75. The maximum atomic E-state index is 13.3. The van der Waals surface area contributed by atoms with Crippen LogP contribution in [0.2, 0.25) is 0 Å². The molecule has 1 aliphatic rings. The summed E-state index contributed by atoms with van der Waals surface area (Å²) in [5, 5.41) is 0. The first kappa shape index (κ1) is 25.9. The predicted molar refractivity (Wildman–Crippen MR) is 137 cm³/mol. The van der Waals surface area contributed by atoms with E-state index >= 15 is 0 Å².